The number of fused-ring (bicyclic) bond motifs is 4. The fraction of sp³-hybridized carbons (Fsp3) is 0.214. The van der Waals surface area contributed by atoms with E-state index < -0.39 is 47.1 Å². The van der Waals surface area contributed by atoms with Gasteiger partial charge in [-0.05, 0) is 66.6 Å². The van der Waals surface area contributed by atoms with Crippen molar-refractivity contribution in [3.8, 4) is 17.2 Å². The second kappa shape index (κ2) is 8.82. The molecule has 0 aromatic heterocycles. The molecular formula is C28H22ClN3O7. The number of benzene rings is 3. The van der Waals surface area contributed by atoms with Crippen molar-refractivity contribution in [3.63, 3.8) is 0 Å². The molecule has 39 heavy (non-hydrogen) atoms. The summed E-state index contributed by atoms with van der Waals surface area (Å²) in [5.74, 6) is -4.41. The summed E-state index contributed by atoms with van der Waals surface area (Å²) in [6.07, 6.45) is 0.179. The van der Waals surface area contributed by atoms with E-state index in [0.29, 0.717) is 21.8 Å². The van der Waals surface area contributed by atoms with Crippen LogP contribution in [0.15, 0.2) is 60.7 Å². The summed E-state index contributed by atoms with van der Waals surface area (Å²) < 4.78 is 5.06. The highest BCUT2D eigenvalue weighted by Crippen LogP contribution is 2.54. The zero-order valence-electron chi connectivity index (χ0n) is 20.5. The van der Waals surface area contributed by atoms with E-state index in [1.165, 1.54) is 43.3 Å². The number of amides is 3. The first-order chi connectivity index (χ1) is 18.6. The molecule has 0 saturated carbocycles. The van der Waals surface area contributed by atoms with Gasteiger partial charge in [0.25, 0.3) is 0 Å². The minimum absolute atomic E-state index is 0.179. The van der Waals surface area contributed by atoms with Crippen LogP contribution in [-0.2, 0) is 31.1 Å². The number of aromatic hydroxyl groups is 2. The van der Waals surface area contributed by atoms with Crippen LogP contribution in [0.3, 0.4) is 0 Å². The Kier molecular flexibility index (Phi) is 5.63. The van der Waals surface area contributed by atoms with Gasteiger partial charge in [0.2, 0.25) is 17.7 Å². The fourth-order valence-electron chi connectivity index (χ4n) is 5.98. The topological polar surface area (TPSA) is 145 Å². The highest BCUT2D eigenvalue weighted by molar-refractivity contribution is 6.31. The molecule has 3 aliphatic heterocycles. The number of nitrogens with one attached hydrogen (secondary N) is 2. The maximum atomic E-state index is 14.1. The zero-order chi connectivity index (χ0) is 27.6. The SMILES string of the molecule is CC(=O)Oc1ccc(N2C(=O)C3C(Cc4ccc(O)c(O)c4)NC4(C(=O)Nc5ccc(Cl)cc54)C3C2=O)cc1. The van der Waals surface area contributed by atoms with E-state index in [9.17, 15) is 29.4 Å². The van der Waals surface area contributed by atoms with Gasteiger partial charge in [-0.3, -0.25) is 24.5 Å². The molecule has 0 aliphatic carbocycles. The summed E-state index contributed by atoms with van der Waals surface area (Å²) in [5, 5.41) is 26.3. The number of carbonyl (C=O) groups is 4. The van der Waals surface area contributed by atoms with Crippen LogP contribution in [0.25, 0.3) is 0 Å². The smallest absolute Gasteiger partial charge is 0.308 e. The summed E-state index contributed by atoms with van der Waals surface area (Å²) in [6.45, 7) is 1.26. The molecule has 3 heterocycles. The van der Waals surface area contributed by atoms with Gasteiger partial charge in [0.15, 0.2) is 11.5 Å². The summed E-state index contributed by atoms with van der Waals surface area (Å²) in [5.41, 5.74) is 0.263. The molecule has 3 amide bonds. The summed E-state index contributed by atoms with van der Waals surface area (Å²) >= 11 is 6.30. The van der Waals surface area contributed by atoms with Gasteiger partial charge in [-0.2, -0.15) is 0 Å². The van der Waals surface area contributed by atoms with Crippen molar-refractivity contribution < 1.29 is 34.1 Å². The maximum absolute atomic E-state index is 14.1. The third-order valence-electron chi connectivity index (χ3n) is 7.53. The van der Waals surface area contributed by atoms with Crippen LogP contribution >= 0.6 is 11.6 Å². The number of hydrogen-bond acceptors (Lipinski definition) is 8. The Balaban J connectivity index is 1.45. The summed E-state index contributed by atoms with van der Waals surface area (Å²) in [6, 6.07) is 14.5. The number of esters is 1. The quantitative estimate of drug-likeness (QED) is 0.169. The van der Waals surface area contributed by atoms with Gasteiger partial charge in [0, 0.05) is 29.2 Å². The Bertz CT molecular complexity index is 1570. The lowest BCUT2D eigenvalue weighted by Crippen LogP contribution is -2.53. The highest BCUT2D eigenvalue weighted by Gasteiger charge is 2.70. The Hall–Kier alpha value is -4.41. The average Bonchev–Trinajstić information content (AvgIpc) is 3.46. The van der Waals surface area contributed by atoms with E-state index in [0.717, 1.165) is 4.90 Å². The largest absolute Gasteiger partial charge is 0.504 e. The number of imide groups is 1. The molecule has 0 bridgehead atoms. The van der Waals surface area contributed by atoms with Gasteiger partial charge in [-0.15, -0.1) is 0 Å². The standard InChI is InChI=1S/C28H22ClN3O7/c1-13(33)39-17-6-4-16(5-7-17)32-25(36)23-20(10-14-2-9-21(34)22(35)11-14)31-28(24(23)26(32)37)18-12-15(29)3-8-19(18)30-27(28)38/h2-9,11-12,20,23-24,31,34-35H,10H2,1H3,(H,30,38). The summed E-state index contributed by atoms with van der Waals surface area (Å²) in [4.78, 5) is 54.0. The predicted molar refractivity (Wildman–Crippen MR) is 139 cm³/mol. The highest BCUT2D eigenvalue weighted by atomic mass is 35.5. The Morgan fingerprint density at radius 1 is 1.00 bits per heavy atom. The van der Waals surface area contributed by atoms with Gasteiger partial charge in [0.05, 0.1) is 17.5 Å². The third kappa shape index (κ3) is 3.75. The molecule has 0 radical (unpaired) electrons. The fourth-order valence-corrected chi connectivity index (χ4v) is 6.15. The van der Waals surface area contributed by atoms with Crippen LogP contribution in [0, 0.1) is 11.8 Å². The van der Waals surface area contributed by atoms with Crippen molar-refractivity contribution in [2.75, 3.05) is 10.2 Å². The van der Waals surface area contributed by atoms with Gasteiger partial charge in [-0.25, -0.2) is 4.90 Å². The van der Waals surface area contributed by atoms with Crippen molar-refractivity contribution >= 4 is 46.7 Å². The van der Waals surface area contributed by atoms with Crippen LogP contribution in [0.5, 0.6) is 17.2 Å². The van der Waals surface area contributed by atoms with E-state index >= 15 is 0 Å². The van der Waals surface area contributed by atoms with E-state index in [1.54, 1.807) is 24.3 Å². The van der Waals surface area contributed by atoms with Crippen molar-refractivity contribution in [1.82, 2.24) is 5.32 Å². The molecule has 2 fully saturated rings. The molecule has 10 nitrogen and oxygen atoms in total. The molecule has 6 rings (SSSR count). The molecule has 198 valence electrons. The number of phenolic OH excluding ortho intramolecular Hbond substituents is 2. The maximum Gasteiger partial charge on any atom is 0.308 e. The average molecular weight is 548 g/mol. The zero-order valence-corrected chi connectivity index (χ0v) is 21.2. The molecule has 3 aliphatic rings. The second-order valence-corrected chi connectivity index (χ2v) is 10.3. The van der Waals surface area contributed by atoms with E-state index in [1.807, 2.05) is 0 Å². The van der Waals surface area contributed by atoms with E-state index in [4.69, 9.17) is 16.3 Å². The number of phenols is 2. The first kappa shape index (κ1) is 24.9. The predicted octanol–water partition coefficient (Wildman–Crippen LogP) is 2.84. The van der Waals surface area contributed by atoms with Crippen LogP contribution < -0.4 is 20.3 Å². The molecule has 3 aromatic carbocycles. The van der Waals surface area contributed by atoms with Gasteiger partial charge in [0.1, 0.15) is 11.3 Å². The second-order valence-electron chi connectivity index (χ2n) is 9.83. The number of anilines is 2. The third-order valence-corrected chi connectivity index (χ3v) is 7.76. The van der Waals surface area contributed by atoms with Gasteiger partial charge >= 0.3 is 5.97 Å². The van der Waals surface area contributed by atoms with E-state index in [-0.39, 0.29) is 29.4 Å². The van der Waals surface area contributed by atoms with Crippen LogP contribution in [0.2, 0.25) is 5.02 Å². The number of ether oxygens (including phenoxy) is 1. The van der Waals surface area contributed by atoms with Gasteiger partial charge < -0.3 is 20.3 Å². The molecular weight excluding hydrogens is 526 g/mol. The number of halogens is 1. The molecule has 3 aromatic rings. The lowest BCUT2D eigenvalue weighted by Gasteiger charge is -2.29. The molecule has 4 atom stereocenters. The van der Waals surface area contributed by atoms with Crippen molar-refractivity contribution in [1.29, 1.82) is 0 Å². The lowest BCUT2D eigenvalue weighted by atomic mass is 9.76. The number of nitrogens with zero attached hydrogens (tertiary/aromatic N) is 1. The molecule has 4 N–H and O–H groups in total. The Morgan fingerprint density at radius 3 is 2.44 bits per heavy atom. The van der Waals surface area contributed by atoms with Gasteiger partial charge in [-0.1, -0.05) is 17.7 Å². The number of rotatable bonds is 4. The van der Waals surface area contributed by atoms with Crippen molar-refractivity contribution in [3.05, 3.63) is 76.8 Å². The molecule has 4 unspecified atom stereocenters. The van der Waals surface area contributed by atoms with Crippen molar-refractivity contribution in [2.24, 2.45) is 11.8 Å². The first-order valence-electron chi connectivity index (χ1n) is 12.2. The van der Waals surface area contributed by atoms with Crippen molar-refractivity contribution in [2.45, 2.75) is 24.9 Å². The number of carbonyl (C=O) groups excluding carboxylic acids is 4. The number of hydrogen-bond donors (Lipinski definition) is 4. The molecule has 1 spiro atoms. The Morgan fingerprint density at radius 2 is 1.74 bits per heavy atom. The van der Waals surface area contributed by atoms with E-state index in [2.05, 4.69) is 10.6 Å². The minimum Gasteiger partial charge on any atom is -0.504 e. The lowest BCUT2D eigenvalue weighted by molar-refractivity contribution is -0.132. The van der Waals surface area contributed by atoms with Crippen LogP contribution in [0.1, 0.15) is 18.1 Å². The molecule has 11 heteroatoms. The minimum atomic E-state index is -1.56. The first-order valence-corrected chi connectivity index (χ1v) is 12.5. The van der Waals surface area contributed by atoms with Crippen LogP contribution in [0.4, 0.5) is 11.4 Å². The monoisotopic (exact) mass is 547 g/mol. The Labute approximate surface area is 227 Å². The summed E-state index contributed by atoms with van der Waals surface area (Å²) in [7, 11) is 0. The van der Waals surface area contributed by atoms with Crippen LogP contribution in [-0.4, -0.2) is 39.9 Å². The normalized spacial score (nSPS) is 25.1. The molecule has 2 saturated heterocycles.